The molecule has 2 heterocycles. The number of nitrogens with one attached hydrogen (secondary N) is 2. The predicted molar refractivity (Wildman–Crippen MR) is 132 cm³/mol. The minimum absolute atomic E-state index is 0.0722. The molecular weight excluding hydrogens is 486 g/mol. The van der Waals surface area contributed by atoms with Gasteiger partial charge in [0.2, 0.25) is 17.8 Å². The molecule has 5 aromatic rings. The summed E-state index contributed by atoms with van der Waals surface area (Å²) < 4.78 is 29.7. The highest BCUT2D eigenvalue weighted by molar-refractivity contribution is 6.31. The van der Waals surface area contributed by atoms with Crippen LogP contribution in [0.1, 0.15) is 17.2 Å². The molecule has 1 atom stereocenters. The summed E-state index contributed by atoms with van der Waals surface area (Å²) in [6, 6.07) is 19.8. The van der Waals surface area contributed by atoms with Gasteiger partial charge in [0, 0.05) is 21.9 Å². The Morgan fingerprint density at radius 1 is 1.08 bits per heavy atom. The number of hydrogen-bond acceptors (Lipinski definition) is 3. The molecule has 0 saturated carbocycles. The molecule has 0 aliphatic heterocycles. The van der Waals surface area contributed by atoms with Gasteiger partial charge >= 0.3 is 0 Å². The summed E-state index contributed by atoms with van der Waals surface area (Å²) in [5.41, 5.74) is 2.22. The number of carbonyl (C=O) groups excluding carboxylic acids is 1. The minimum Gasteiger partial charge on any atom is -0.325 e. The number of nitrogens with zero attached hydrogens (tertiary/aromatic N) is 2. The Morgan fingerprint density at radius 3 is 2.67 bits per heavy atom. The molecular formula is C27H20ClF2N4O2+. The van der Waals surface area contributed by atoms with E-state index in [9.17, 15) is 18.8 Å². The lowest BCUT2D eigenvalue weighted by Gasteiger charge is -2.15. The lowest BCUT2D eigenvalue weighted by molar-refractivity contribution is -0.909. The van der Waals surface area contributed by atoms with Gasteiger partial charge in [-0.1, -0.05) is 41.9 Å². The molecule has 3 aromatic carbocycles. The van der Waals surface area contributed by atoms with Gasteiger partial charge < -0.3 is 5.32 Å². The Labute approximate surface area is 209 Å². The number of anilines is 1. The predicted octanol–water partition coefficient (Wildman–Crippen LogP) is 5.65. The minimum atomic E-state index is -0.933. The zero-order valence-corrected chi connectivity index (χ0v) is 19.5. The van der Waals surface area contributed by atoms with Crippen LogP contribution in [0.3, 0.4) is 0 Å². The fourth-order valence-corrected chi connectivity index (χ4v) is 4.30. The lowest BCUT2D eigenvalue weighted by Crippen LogP contribution is -2.40. The van der Waals surface area contributed by atoms with Gasteiger partial charge in [0.1, 0.15) is 11.7 Å². The van der Waals surface area contributed by atoms with Gasteiger partial charge in [-0.15, -0.1) is 0 Å². The summed E-state index contributed by atoms with van der Waals surface area (Å²) in [5, 5.41) is 21.2. The first kappa shape index (κ1) is 23.4. The van der Waals surface area contributed by atoms with Crippen LogP contribution < -0.4 is 10.0 Å². The standard InChI is InChI=1S/C27H19ClF2N4O2/c28-21-8-9-22(29)25(26(21)30)17-6-11-24(34(36)15-17)20(12-16-4-2-1-3-5-16)27(35)32-19-7-10-23-18(13-19)14-31-33-23/h1-11,13-15,20H,12H2,(H2-,31,32,33,35,36)/p+1. The van der Waals surface area contributed by atoms with Crippen molar-refractivity contribution in [2.45, 2.75) is 12.3 Å². The van der Waals surface area contributed by atoms with E-state index in [0.717, 1.165) is 39.5 Å². The van der Waals surface area contributed by atoms with Crippen molar-refractivity contribution in [2.75, 3.05) is 5.32 Å². The molecule has 0 fully saturated rings. The molecule has 0 radical (unpaired) electrons. The number of H-pyrrole nitrogens is 1. The Morgan fingerprint density at radius 2 is 1.89 bits per heavy atom. The Bertz CT molecular complexity index is 1570. The van der Waals surface area contributed by atoms with Crippen LogP contribution in [-0.2, 0) is 11.2 Å². The Kier molecular flexibility index (Phi) is 6.35. The maximum absolute atomic E-state index is 14.6. The second-order valence-electron chi connectivity index (χ2n) is 8.31. The average molecular weight is 506 g/mol. The van der Waals surface area contributed by atoms with E-state index in [0.29, 0.717) is 5.69 Å². The fourth-order valence-electron chi connectivity index (χ4n) is 4.15. The maximum atomic E-state index is 14.6. The molecule has 5 rings (SSSR count). The third kappa shape index (κ3) is 4.63. The summed E-state index contributed by atoms with van der Waals surface area (Å²) in [6.07, 6.45) is 3.09. The number of benzene rings is 3. The first-order valence-electron chi connectivity index (χ1n) is 11.1. The van der Waals surface area contributed by atoms with Gasteiger partial charge in [-0.2, -0.15) is 5.10 Å². The quantitative estimate of drug-likeness (QED) is 0.158. The van der Waals surface area contributed by atoms with E-state index >= 15 is 0 Å². The molecule has 0 spiro atoms. The number of fused-ring (bicyclic) bond motifs is 1. The van der Waals surface area contributed by atoms with Crippen LogP contribution in [0.15, 0.2) is 85.2 Å². The van der Waals surface area contributed by atoms with Gasteiger partial charge in [0.15, 0.2) is 5.82 Å². The van der Waals surface area contributed by atoms with Crippen LogP contribution in [0.4, 0.5) is 14.5 Å². The van der Waals surface area contributed by atoms with Crippen LogP contribution >= 0.6 is 11.6 Å². The van der Waals surface area contributed by atoms with E-state index < -0.39 is 17.6 Å². The number of halogens is 3. The van der Waals surface area contributed by atoms with Crippen molar-refractivity contribution in [1.29, 1.82) is 0 Å². The summed E-state index contributed by atoms with van der Waals surface area (Å²) in [6.45, 7) is 0. The van der Waals surface area contributed by atoms with Crippen molar-refractivity contribution in [3.8, 4) is 11.1 Å². The van der Waals surface area contributed by atoms with E-state index in [2.05, 4.69) is 15.5 Å². The molecule has 0 aliphatic carbocycles. The summed E-state index contributed by atoms with van der Waals surface area (Å²) in [7, 11) is 0. The van der Waals surface area contributed by atoms with Crippen LogP contribution in [0.2, 0.25) is 5.02 Å². The smallest absolute Gasteiger partial charge is 0.246 e. The first-order valence-corrected chi connectivity index (χ1v) is 11.4. The SMILES string of the molecule is O=C(Nc1ccc2[nH]ncc2c1)C(Cc1ccccc1)c1ccc(-c2c(F)ccc(Cl)c2F)c[n+]1O. The van der Waals surface area contributed by atoms with Gasteiger partial charge in [0.05, 0.1) is 27.9 Å². The van der Waals surface area contributed by atoms with Crippen molar-refractivity contribution in [3.05, 3.63) is 113 Å². The number of aromatic nitrogens is 3. The highest BCUT2D eigenvalue weighted by Gasteiger charge is 2.31. The van der Waals surface area contributed by atoms with Crippen LogP contribution in [0.25, 0.3) is 22.0 Å². The molecule has 0 aliphatic rings. The fraction of sp³-hybridized carbons (Fsp3) is 0.0741. The molecule has 9 heteroatoms. The van der Waals surface area contributed by atoms with Crippen molar-refractivity contribution in [1.82, 2.24) is 10.2 Å². The number of amides is 1. The molecule has 6 nitrogen and oxygen atoms in total. The van der Waals surface area contributed by atoms with E-state index in [4.69, 9.17) is 11.6 Å². The monoisotopic (exact) mass is 505 g/mol. The number of hydrogen-bond donors (Lipinski definition) is 3. The number of pyridine rings is 1. The third-order valence-electron chi connectivity index (χ3n) is 5.96. The topological polar surface area (TPSA) is 81.9 Å². The first-order chi connectivity index (χ1) is 17.4. The highest BCUT2D eigenvalue weighted by atomic mass is 35.5. The lowest BCUT2D eigenvalue weighted by atomic mass is 9.93. The molecule has 2 aromatic heterocycles. The van der Waals surface area contributed by atoms with Crippen LogP contribution in [0.5, 0.6) is 0 Å². The van der Waals surface area contributed by atoms with Crippen LogP contribution in [0, 0.1) is 11.6 Å². The van der Waals surface area contributed by atoms with Crippen molar-refractivity contribution >= 4 is 34.1 Å². The molecule has 36 heavy (non-hydrogen) atoms. The Balaban J connectivity index is 1.51. The number of aromatic amines is 1. The van der Waals surface area contributed by atoms with Crippen molar-refractivity contribution in [3.63, 3.8) is 0 Å². The van der Waals surface area contributed by atoms with E-state index in [1.165, 1.54) is 12.1 Å². The normalized spacial score (nSPS) is 12.0. The van der Waals surface area contributed by atoms with Crippen molar-refractivity contribution < 1.29 is 23.5 Å². The zero-order chi connectivity index (χ0) is 25.2. The largest absolute Gasteiger partial charge is 0.325 e. The second kappa shape index (κ2) is 9.75. The maximum Gasteiger partial charge on any atom is 0.246 e. The zero-order valence-electron chi connectivity index (χ0n) is 18.8. The van der Waals surface area contributed by atoms with Crippen LogP contribution in [-0.4, -0.2) is 21.3 Å². The molecule has 0 saturated heterocycles. The molecule has 3 N–H and O–H groups in total. The number of rotatable bonds is 6. The molecule has 180 valence electrons. The van der Waals surface area contributed by atoms with Gasteiger partial charge in [-0.25, -0.2) is 8.78 Å². The van der Waals surface area contributed by atoms with E-state index in [1.807, 2.05) is 30.3 Å². The highest BCUT2D eigenvalue weighted by Crippen LogP contribution is 2.31. The average Bonchev–Trinajstić information content (AvgIpc) is 3.34. The summed E-state index contributed by atoms with van der Waals surface area (Å²) in [4.78, 5) is 13.5. The van der Waals surface area contributed by atoms with Crippen molar-refractivity contribution in [2.24, 2.45) is 0 Å². The summed E-state index contributed by atoms with van der Waals surface area (Å²) in [5.74, 6) is -2.94. The number of carbonyl (C=O) groups is 1. The van der Waals surface area contributed by atoms with E-state index in [-0.39, 0.29) is 34.2 Å². The molecule has 1 amide bonds. The van der Waals surface area contributed by atoms with Gasteiger partial charge in [0.25, 0.3) is 0 Å². The Hall–Kier alpha value is -4.30. The van der Waals surface area contributed by atoms with Gasteiger partial charge in [-0.05, 0) is 48.4 Å². The second-order valence-corrected chi connectivity index (χ2v) is 8.72. The molecule has 0 bridgehead atoms. The van der Waals surface area contributed by atoms with E-state index in [1.54, 1.807) is 24.4 Å². The third-order valence-corrected chi connectivity index (χ3v) is 6.25. The van der Waals surface area contributed by atoms with Gasteiger partial charge in [-0.3, -0.25) is 15.1 Å². The summed E-state index contributed by atoms with van der Waals surface area (Å²) >= 11 is 5.83. The molecule has 1 unspecified atom stereocenters.